The van der Waals surface area contributed by atoms with Gasteiger partial charge in [0.1, 0.15) is 12.5 Å². The number of hydrogen-bond acceptors (Lipinski definition) is 8. The molecule has 1 aliphatic rings. The summed E-state index contributed by atoms with van der Waals surface area (Å²) in [7, 11) is 1.65. The highest BCUT2D eigenvalue weighted by atomic mass is 32.2. The van der Waals surface area contributed by atoms with Gasteiger partial charge in [-0.2, -0.15) is 0 Å². The molecule has 1 aromatic carbocycles. The molecule has 118 valence electrons. The van der Waals surface area contributed by atoms with Crippen molar-refractivity contribution < 1.29 is 14.2 Å². The maximum atomic E-state index is 5.51. The molecule has 1 aliphatic heterocycles. The van der Waals surface area contributed by atoms with E-state index in [9.17, 15) is 0 Å². The molecule has 0 spiro atoms. The SMILES string of the molecule is COc1ccc(Nc2nnc(SCC3CCOCO3)s2)cc1. The van der Waals surface area contributed by atoms with Gasteiger partial charge in [0.25, 0.3) is 0 Å². The summed E-state index contributed by atoms with van der Waals surface area (Å²) in [6, 6.07) is 7.70. The monoisotopic (exact) mass is 339 g/mol. The molecule has 2 aromatic rings. The van der Waals surface area contributed by atoms with E-state index < -0.39 is 0 Å². The molecule has 0 aliphatic carbocycles. The third-order valence-corrected chi connectivity index (χ3v) is 5.22. The highest BCUT2D eigenvalue weighted by molar-refractivity contribution is 8.01. The number of benzene rings is 1. The van der Waals surface area contributed by atoms with Crippen LogP contribution < -0.4 is 10.1 Å². The molecule has 1 saturated heterocycles. The van der Waals surface area contributed by atoms with Gasteiger partial charge in [0.05, 0.1) is 19.8 Å². The number of methoxy groups -OCH3 is 1. The van der Waals surface area contributed by atoms with Gasteiger partial charge < -0.3 is 19.5 Å². The smallest absolute Gasteiger partial charge is 0.210 e. The maximum absolute atomic E-state index is 5.51. The van der Waals surface area contributed by atoms with Crippen molar-refractivity contribution in [1.82, 2.24) is 10.2 Å². The first-order valence-corrected chi connectivity index (χ1v) is 8.70. The zero-order valence-electron chi connectivity index (χ0n) is 12.2. The van der Waals surface area contributed by atoms with Crippen molar-refractivity contribution in [3.8, 4) is 5.75 Å². The number of aromatic nitrogens is 2. The number of nitrogens with one attached hydrogen (secondary N) is 1. The van der Waals surface area contributed by atoms with Gasteiger partial charge in [-0.25, -0.2) is 0 Å². The van der Waals surface area contributed by atoms with Crippen LogP contribution in [0.3, 0.4) is 0 Å². The molecular formula is C14H17N3O3S2. The fraction of sp³-hybridized carbons (Fsp3) is 0.429. The van der Waals surface area contributed by atoms with Crippen LogP contribution in [0.1, 0.15) is 6.42 Å². The maximum Gasteiger partial charge on any atom is 0.210 e. The van der Waals surface area contributed by atoms with Crippen LogP contribution in [0.4, 0.5) is 10.8 Å². The van der Waals surface area contributed by atoms with E-state index in [1.807, 2.05) is 24.3 Å². The second kappa shape index (κ2) is 7.77. The molecule has 0 saturated carbocycles. The van der Waals surface area contributed by atoms with Crippen molar-refractivity contribution in [2.45, 2.75) is 16.9 Å². The second-order valence-electron chi connectivity index (χ2n) is 4.64. The Kier molecular flexibility index (Phi) is 5.49. The fourth-order valence-corrected chi connectivity index (χ4v) is 3.78. The molecule has 8 heteroatoms. The number of rotatable bonds is 6. The number of nitrogens with zero attached hydrogens (tertiary/aromatic N) is 2. The Balaban J connectivity index is 1.51. The Morgan fingerprint density at radius 3 is 2.95 bits per heavy atom. The molecule has 2 heterocycles. The van der Waals surface area contributed by atoms with Crippen molar-refractivity contribution in [3.63, 3.8) is 0 Å². The lowest BCUT2D eigenvalue weighted by molar-refractivity contribution is -0.130. The van der Waals surface area contributed by atoms with Crippen LogP contribution >= 0.6 is 23.1 Å². The summed E-state index contributed by atoms with van der Waals surface area (Å²) < 4.78 is 16.7. The molecule has 3 rings (SSSR count). The molecule has 1 atom stereocenters. The van der Waals surface area contributed by atoms with Crippen LogP contribution in [0.2, 0.25) is 0 Å². The quantitative estimate of drug-likeness (QED) is 0.811. The van der Waals surface area contributed by atoms with Crippen molar-refractivity contribution in [3.05, 3.63) is 24.3 Å². The first-order chi connectivity index (χ1) is 10.8. The zero-order chi connectivity index (χ0) is 15.2. The third-order valence-electron chi connectivity index (χ3n) is 3.11. The average molecular weight is 339 g/mol. The van der Waals surface area contributed by atoms with Crippen molar-refractivity contribution in [2.24, 2.45) is 0 Å². The number of thioether (sulfide) groups is 1. The summed E-state index contributed by atoms with van der Waals surface area (Å²) in [4.78, 5) is 0. The first-order valence-electron chi connectivity index (χ1n) is 6.90. The first kappa shape index (κ1) is 15.5. The van der Waals surface area contributed by atoms with Crippen LogP contribution in [0.5, 0.6) is 5.75 Å². The largest absolute Gasteiger partial charge is 0.497 e. The number of hydrogen-bond donors (Lipinski definition) is 1. The molecule has 0 bridgehead atoms. The second-order valence-corrected chi connectivity index (χ2v) is 6.89. The van der Waals surface area contributed by atoms with E-state index in [0.717, 1.165) is 39.7 Å². The van der Waals surface area contributed by atoms with E-state index in [0.29, 0.717) is 6.79 Å². The van der Waals surface area contributed by atoms with Gasteiger partial charge in [0.15, 0.2) is 4.34 Å². The molecule has 22 heavy (non-hydrogen) atoms. The Bertz CT molecular complexity index is 585. The van der Waals surface area contributed by atoms with E-state index in [1.54, 1.807) is 18.9 Å². The van der Waals surface area contributed by atoms with Gasteiger partial charge >= 0.3 is 0 Å². The van der Waals surface area contributed by atoms with Crippen molar-refractivity contribution >= 4 is 33.9 Å². The Morgan fingerprint density at radius 2 is 2.23 bits per heavy atom. The summed E-state index contributed by atoms with van der Waals surface area (Å²) in [5.41, 5.74) is 0.960. The van der Waals surface area contributed by atoms with E-state index >= 15 is 0 Å². The normalized spacial score (nSPS) is 18.1. The van der Waals surface area contributed by atoms with Crippen LogP contribution in [0.15, 0.2) is 28.6 Å². The van der Waals surface area contributed by atoms with Crippen molar-refractivity contribution in [1.29, 1.82) is 0 Å². The lowest BCUT2D eigenvalue weighted by Gasteiger charge is -2.21. The zero-order valence-corrected chi connectivity index (χ0v) is 13.8. The van der Waals surface area contributed by atoms with Crippen molar-refractivity contribution in [2.75, 3.05) is 31.6 Å². The van der Waals surface area contributed by atoms with Gasteiger partial charge in [0, 0.05) is 11.4 Å². The summed E-state index contributed by atoms with van der Waals surface area (Å²) in [5, 5.41) is 12.4. The van der Waals surface area contributed by atoms with Crippen LogP contribution in [0.25, 0.3) is 0 Å². The molecule has 1 unspecified atom stereocenters. The fourth-order valence-electron chi connectivity index (χ4n) is 1.91. The topological polar surface area (TPSA) is 65.5 Å². The Hall–Kier alpha value is -1.35. The minimum atomic E-state index is 0.237. The molecule has 0 amide bonds. The van der Waals surface area contributed by atoms with E-state index in [1.165, 1.54) is 11.3 Å². The summed E-state index contributed by atoms with van der Waals surface area (Å²) in [6.07, 6.45) is 1.17. The average Bonchev–Trinajstić information content (AvgIpc) is 3.02. The molecule has 6 nitrogen and oxygen atoms in total. The molecule has 1 aromatic heterocycles. The van der Waals surface area contributed by atoms with Gasteiger partial charge in [-0.05, 0) is 30.7 Å². The van der Waals surface area contributed by atoms with Gasteiger partial charge in [0.2, 0.25) is 5.13 Å². The molecular weight excluding hydrogens is 322 g/mol. The standard InChI is InChI=1S/C14H17N3O3S2/c1-18-11-4-2-10(3-5-11)15-13-16-17-14(22-13)21-8-12-6-7-19-9-20-12/h2-5,12H,6-9H2,1H3,(H,15,16). The Labute approximate surface area is 137 Å². The Morgan fingerprint density at radius 1 is 1.36 bits per heavy atom. The minimum Gasteiger partial charge on any atom is -0.497 e. The van der Waals surface area contributed by atoms with Gasteiger partial charge in [-0.15, -0.1) is 10.2 Å². The molecule has 1 N–H and O–H groups in total. The minimum absolute atomic E-state index is 0.237. The van der Waals surface area contributed by atoms with Gasteiger partial charge in [-0.3, -0.25) is 0 Å². The highest BCUT2D eigenvalue weighted by Gasteiger charge is 2.15. The number of anilines is 2. The number of ether oxygens (including phenoxy) is 3. The van der Waals surface area contributed by atoms with Crippen LogP contribution in [0, 0.1) is 0 Å². The summed E-state index contributed by atoms with van der Waals surface area (Å²) in [5.74, 6) is 1.70. The van der Waals surface area contributed by atoms with Crippen LogP contribution in [-0.4, -0.2) is 42.6 Å². The lowest BCUT2D eigenvalue weighted by Crippen LogP contribution is -2.25. The van der Waals surface area contributed by atoms with Gasteiger partial charge in [-0.1, -0.05) is 23.1 Å². The molecule has 0 radical (unpaired) electrons. The van der Waals surface area contributed by atoms with E-state index in [-0.39, 0.29) is 6.10 Å². The predicted octanol–water partition coefficient (Wildman–Crippen LogP) is 3.15. The third kappa shape index (κ3) is 4.33. The highest BCUT2D eigenvalue weighted by Crippen LogP contribution is 2.29. The lowest BCUT2D eigenvalue weighted by atomic mass is 10.3. The predicted molar refractivity (Wildman–Crippen MR) is 87.2 cm³/mol. The van der Waals surface area contributed by atoms with E-state index in [4.69, 9.17) is 14.2 Å². The summed E-state index contributed by atoms with van der Waals surface area (Å²) in [6.45, 7) is 1.16. The van der Waals surface area contributed by atoms with E-state index in [2.05, 4.69) is 15.5 Å². The van der Waals surface area contributed by atoms with Crippen LogP contribution in [-0.2, 0) is 9.47 Å². The molecule has 1 fully saturated rings. The summed E-state index contributed by atoms with van der Waals surface area (Å²) >= 11 is 3.21.